The van der Waals surface area contributed by atoms with E-state index in [2.05, 4.69) is 0 Å². The summed E-state index contributed by atoms with van der Waals surface area (Å²) in [5.74, 6) is -0.423. The van der Waals surface area contributed by atoms with Crippen LogP contribution in [-0.2, 0) is 16.4 Å². The molecule has 1 aromatic heterocycles. The summed E-state index contributed by atoms with van der Waals surface area (Å²) in [6.07, 6.45) is 2.16. The summed E-state index contributed by atoms with van der Waals surface area (Å²) in [7, 11) is -0.0708. The lowest BCUT2D eigenvalue weighted by Crippen LogP contribution is -2.18. The zero-order chi connectivity index (χ0) is 18.8. The van der Waals surface area contributed by atoms with Crippen LogP contribution < -0.4 is 0 Å². The van der Waals surface area contributed by atoms with Crippen LogP contribution in [0.25, 0.3) is 22.0 Å². The zero-order valence-electron chi connectivity index (χ0n) is 14.1. The Morgan fingerprint density at radius 1 is 1.15 bits per heavy atom. The van der Waals surface area contributed by atoms with E-state index in [1.807, 2.05) is 19.0 Å². The molecule has 2 aromatic carbocycles. The predicted molar refractivity (Wildman–Crippen MR) is 102 cm³/mol. The smallest absolute Gasteiger partial charge is 0.270 e. The standard InChI is InChI=1S/C18H15Cl2FN2O2S/c1-22(2)6-5-10-9-23-17-13(10)7-11(21)8-14(17)12-3-4-15(19)16(20)18(12)26(23,24)25/h3-4,7-9H,5-6H2,1-2H3. The van der Waals surface area contributed by atoms with Gasteiger partial charge in [0.05, 0.1) is 15.6 Å². The van der Waals surface area contributed by atoms with Gasteiger partial charge in [-0.2, -0.15) is 0 Å². The van der Waals surface area contributed by atoms with Crippen molar-refractivity contribution in [2.24, 2.45) is 0 Å². The van der Waals surface area contributed by atoms with Crippen LogP contribution in [0.5, 0.6) is 0 Å². The van der Waals surface area contributed by atoms with Crippen molar-refractivity contribution < 1.29 is 12.8 Å². The van der Waals surface area contributed by atoms with Gasteiger partial charge in [-0.25, -0.2) is 16.8 Å². The SMILES string of the molecule is CN(C)CCc1cn2c3c(cc(F)cc13)-c1ccc(Cl)c(Cl)c1S2(=O)=O. The highest BCUT2D eigenvalue weighted by Gasteiger charge is 2.34. The molecule has 0 radical (unpaired) electrons. The van der Waals surface area contributed by atoms with E-state index < -0.39 is 15.8 Å². The van der Waals surface area contributed by atoms with E-state index in [9.17, 15) is 12.8 Å². The Kier molecular flexibility index (Phi) is 4.08. The second-order valence-electron chi connectivity index (χ2n) is 6.60. The van der Waals surface area contributed by atoms with Gasteiger partial charge in [0.2, 0.25) is 0 Å². The van der Waals surface area contributed by atoms with Crippen molar-refractivity contribution >= 4 is 44.1 Å². The Balaban J connectivity index is 2.11. The number of aromatic nitrogens is 1. The Morgan fingerprint density at radius 2 is 1.88 bits per heavy atom. The number of benzene rings is 2. The van der Waals surface area contributed by atoms with Gasteiger partial charge in [-0.1, -0.05) is 29.3 Å². The van der Waals surface area contributed by atoms with Crippen LogP contribution in [0.15, 0.2) is 35.4 Å². The fourth-order valence-corrected chi connectivity index (χ4v) is 5.75. The normalized spacial score (nSPS) is 14.8. The van der Waals surface area contributed by atoms with Crippen molar-refractivity contribution in [1.82, 2.24) is 8.87 Å². The Morgan fingerprint density at radius 3 is 2.58 bits per heavy atom. The van der Waals surface area contributed by atoms with Gasteiger partial charge in [-0.3, -0.25) is 0 Å². The third-order valence-electron chi connectivity index (χ3n) is 4.60. The van der Waals surface area contributed by atoms with E-state index in [4.69, 9.17) is 23.2 Å². The van der Waals surface area contributed by atoms with E-state index in [-0.39, 0.29) is 14.9 Å². The van der Waals surface area contributed by atoms with Gasteiger partial charge in [0, 0.05) is 29.3 Å². The lowest BCUT2D eigenvalue weighted by atomic mass is 10.0. The van der Waals surface area contributed by atoms with Crippen LogP contribution >= 0.6 is 23.2 Å². The number of hydrogen-bond acceptors (Lipinski definition) is 3. The van der Waals surface area contributed by atoms with Crippen LogP contribution in [0.4, 0.5) is 4.39 Å². The molecule has 0 spiro atoms. The maximum absolute atomic E-state index is 14.3. The second kappa shape index (κ2) is 5.96. The average molecular weight is 413 g/mol. The second-order valence-corrected chi connectivity index (χ2v) is 9.13. The molecular weight excluding hydrogens is 398 g/mol. The number of fused-ring (bicyclic) bond motifs is 2. The lowest BCUT2D eigenvalue weighted by Gasteiger charge is -2.21. The average Bonchev–Trinajstić information content (AvgIpc) is 2.93. The first-order valence-corrected chi connectivity index (χ1v) is 10.1. The molecule has 3 aromatic rings. The lowest BCUT2D eigenvalue weighted by molar-refractivity contribution is 0.414. The minimum Gasteiger partial charge on any atom is -0.309 e. The number of halogens is 3. The van der Waals surface area contributed by atoms with Gasteiger partial charge in [0.15, 0.2) is 0 Å². The van der Waals surface area contributed by atoms with E-state index in [0.717, 1.165) is 5.56 Å². The van der Waals surface area contributed by atoms with Crippen molar-refractivity contribution in [2.45, 2.75) is 11.3 Å². The number of likely N-dealkylation sites (N-methyl/N-ethyl adjacent to an activating group) is 1. The highest BCUT2D eigenvalue weighted by molar-refractivity contribution is 7.90. The molecule has 1 aliphatic rings. The van der Waals surface area contributed by atoms with Crippen molar-refractivity contribution in [2.75, 3.05) is 20.6 Å². The first-order chi connectivity index (χ1) is 12.2. The fourth-order valence-electron chi connectivity index (χ4n) is 3.39. The minimum atomic E-state index is -3.93. The van der Waals surface area contributed by atoms with Crippen molar-refractivity contribution in [3.8, 4) is 11.1 Å². The van der Waals surface area contributed by atoms with E-state index in [1.54, 1.807) is 12.3 Å². The molecule has 4 nitrogen and oxygen atoms in total. The van der Waals surface area contributed by atoms with Crippen LogP contribution in [0.1, 0.15) is 5.56 Å². The molecule has 2 heterocycles. The molecule has 0 fully saturated rings. The highest BCUT2D eigenvalue weighted by Crippen LogP contribution is 2.46. The van der Waals surface area contributed by atoms with E-state index >= 15 is 0 Å². The van der Waals surface area contributed by atoms with Crippen LogP contribution in [0.3, 0.4) is 0 Å². The summed E-state index contributed by atoms with van der Waals surface area (Å²) in [5, 5.41) is 0.697. The number of nitrogens with zero attached hydrogens (tertiary/aromatic N) is 2. The predicted octanol–water partition coefficient (Wildman–Crippen LogP) is 4.41. The van der Waals surface area contributed by atoms with Gasteiger partial charge < -0.3 is 4.90 Å². The Labute approximate surface area is 160 Å². The van der Waals surface area contributed by atoms with Crippen molar-refractivity contribution in [1.29, 1.82) is 0 Å². The van der Waals surface area contributed by atoms with Crippen molar-refractivity contribution in [3.63, 3.8) is 0 Å². The van der Waals surface area contributed by atoms with Gasteiger partial charge in [0.25, 0.3) is 10.0 Å². The summed E-state index contributed by atoms with van der Waals surface area (Å²) >= 11 is 12.3. The van der Waals surface area contributed by atoms with Gasteiger partial charge in [0.1, 0.15) is 10.7 Å². The summed E-state index contributed by atoms with van der Waals surface area (Å²) in [4.78, 5) is 1.91. The Hall–Kier alpha value is -1.60. The Bertz CT molecular complexity index is 1170. The van der Waals surface area contributed by atoms with Crippen molar-refractivity contribution in [3.05, 3.63) is 51.9 Å². The van der Waals surface area contributed by atoms with Crippen LogP contribution in [0.2, 0.25) is 10.0 Å². The molecule has 8 heteroatoms. The summed E-state index contributed by atoms with van der Waals surface area (Å²) < 4.78 is 41.9. The topological polar surface area (TPSA) is 42.3 Å². The van der Waals surface area contributed by atoms with Gasteiger partial charge in [-0.05, 0) is 44.3 Å². The first-order valence-electron chi connectivity index (χ1n) is 7.94. The summed E-state index contributed by atoms with van der Waals surface area (Å²) in [6.45, 7) is 0.713. The van der Waals surface area contributed by atoms with E-state index in [1.165, 1.54) is 22.2 Å². The maximum Gasteiger partial charge on any atom is 0.270 e. The summed E-state index contributed by atoms with van der Waals surface area (Å²) in [6, 6.07) is 5.83. The minimum absolute atomic E-state index is 0.0456. The molecule has 26 heavy (non-hydrogen) atoms. The number of rotatable bonds is 3. The molecule has 4 rings (SSSR count). The van der Waals surface area contributed by atoms with E-state index in [0.29, 0.717) is 35.0 Å². The quantitative estimate of drug-likeness (QED) is 0.500. The third kappa shape index (κ3) is 2.47. The van der Waals surface area contributed by atoms with Gasteiger partial charge in [-0.15, -0.1) is 0 Å². The molecule has 0 saturated carbocycles. The number of hydrogen-bond donors (Lipinski definition) is 0. The van der Waals surface area contributed by atoms with Crippen LogP contribution in [0, 0.1) is 5.82 Å². The molecule has 0 atom stereocenters. The zero-order valence-corrected chi connectivity index (χ0v) is 16.4. The summed E-state index contributed by atoms with van der Waals surface area (Å²) in [5.41, 5.74) is 2.12. The fraction of sp³-hybridized carbons (Fsp3) is 0.222. The monoisotopic (exact) mass is 412 g/mol. The first kappa shape index (κ1) is 17.8. The highest BCUT2D eigenvalue weighted by atomic mass is 35.5. The molecule has 0 aliphatic carbocycles. The van der Waals surface area contributed by atoms with Crippen LogP contribution in [-0.4, -0.2) is 37.9 Å². The third-order valence-corrected chi connectivity index (χ3v) is 7.26. The molecule has 0 amide bonds. The molecular formula is C18H15Cl2FN2O2S. The molecule has 0 bridgehead atoms. The molecule has 1 aliphatic heterocycles. The molecule has 0 saturated heterocycles. The largest absolute Gasteiger partial charge is 0.309 e. The molecule has 0 N–H and O–H groups in total. The molecule has 0 unspecified atom stereocenters. The maximum atomic E-state index is 14.3. The molecule has 136 valence electrons. The van der Waals surface area contributed by atoms with Gasteiger partial charge >= 0.3 is 0 Å².